The summed E-state index contributed by atoms with van der Waals surface area (Å²) in [5, 5.41) is 8.39. The van der Waals surface area contributed by atoms with E-state index in [9.17, 15) is 9.59 Å². The van der Waals surface area contributed by atoms with Crippen molar-refractivity contribution in [3.63, 3.8) is 0 Å². The molecular weight excluding hydrogens is 268 g/mol. The van der Waals surface area contributed by atoms with Crippen molar-refractivity contribution in [1.82, 2.24) is 15.6 Å². The summed E-state index contributed by atoms with van der Waals surface area (Å²) in [6.45, 7) is 6.23. The molecule has 1 aromatic heterocycles. The van der Waals surface area contributed by atoms with Crippen molar-refractivity contribution in [1.29, 1.82) is 0 Å². The summed E-state index contributed by atoms with van der Waals surface area (Å²) in [5.41, 5.74) is 1.33. The summed E-state index contributed by atoms with van der Waals surface area (Å²) in [6, 6.07) is 2.85. The highest BCUT2D eigenvalue weighted by Gasteiger charge is 2.17. The zero-order valence-corrected chi connectivity index (χ0v) is 13.1. The van der Waals surface area contributed by atoms with Crippen molar-refractivity contribution < 1.29 is 9.59 Å². The minimum Gasteiger partial charge on any atom is -0.373 e. The summed E-state index contributed by atoms with van der Waals surface area (Å²) in [6.07, 6.45) is 1.60. The second-order valence-electron chi connectivity index (χ2n) is 4.82. The molecule has 1 aromatic rings. The lowest BCUT2D eigenvalue weighted by Crippen LogP contribution is -2.45. The minimum atomic E-state index is -0.569. The van der Waals surface area contributed by atoms with E-state index in [0.717, 1.165) is 18.5 Å². The van der Waals surface area contributed by atoms with Gasteiger partial charge in [0.05, 0.1) is 0 Å². The highest BCUT2D eigenvalue weighted by atomic mass is 16.2. The van der Waals surface area contributed by atoms with Crippen LogP contribution in [0.5, 0.6) is 0 Å². The summed E-state index contributed by atoms with van der Waals surface area (Å²) < 4.78 is 0. The first-order valence-corrected chi connectivity index (χ1v) is 7.29. The zero-order valence-electron chi connectivity index (χ0n) is 13.1. The average molecular weight is 292 g/mol. The van der Waals surface area contributed by atoms with Crippen LogP contribution < -0.4 is 16.0 Å². The van der Waals surface area contributed by atoms with E-state index >= 15 is 0 Å². The Balaban J connectivity index is 2.77. The van der Waals surface area contributed by atoms with Crippen LogP contribution in [0.25, 0.3) is 0 Å². The van der Waals surface area contributed by atoms with E-state index in [1.165, 1.54) is 0 Å². The number of hydrogen-bond donors (Lipinski definition) is 3. The van der Waals surface area contributed by atoms with E-state index in [-0.39, 0.29) is 11.8 Å². The lowest BCUT2D eigenvalue weighted by molar-refractivity contribution is -0.122. The van der Waals surface area contributed by atoms with Crippen molar-refractivity contribution in [2.45, 2.75) is 39.7 Å². The van der Waals surface area contributed by atoms with Gasteiger partial charge in [-0.2, -0.15) is 0 Å². The molecule has 21 heavy (non-hydrogen) atoms. The number of carbonyl (C=O) groups excluding carboxylic acids is 2. The van der Waals surface area contributed by atoms with Gasteiger partial charge in [0.1, 0.15) is 11.9 Å². The molecule has 0 radical (unpaired) electrons. The molecule has 0 aromatic carbocycles. The first kappa shape index (κ1) is 16.9. The maximum absolute atomic E-state index is 12.2. The second kappa shape index (κ2) is 8.24. The summed E-state index contributed by atoms with van der Waals surface area (Å²) in [7, 11) is 1.75. The molecule has 1 atom stereocenters. The molecule has 0 spiro atoms. The van der Waals surface area contributed by atoms with E-state index in [0.29, 0.717) is 17.9 Å². The molecule has 0 bridgehead atoms. The Morgan fingerprint density at radius 3 is 2.57 bits per heavy atom. The highest BCUT2D eigenvalue weighted by molar-refractivity contribution is 5.98. The monoisotopic (exact) mass is 292 g/mol. The lowest BCUT2D eigenvalue weighted by atomic mass is 10.1. The molecule has 0 aliphatic rings. The number of hydrogen-bond acceptors (Lipinski definition) is 4. The number of pyridine rings is 1. The molecule has 1 rings (SSSR count). The summed E-state index contributed by atoms with van der Waals surface area (Å²) in [5.74, 6) is 0.189. The fourth-order valence-electron chi connectivity index (χ4n) is 1.77. The number of amides is 2. The normalized spacial score (nSPS) is 11.6. The van der Waals surface area contributed by atoms with Gasteiger partial charge in [-0.1, -0.05) is 13.8 Å². The zero-order chi connectivity index (χ0) is 15.8. The van der Waals surface area contributed by atoms with Crippen molar-refractivity contribution >= 4 is 17.6 Å². The van der Waals surface area contributed by atoms with Gasteiger partial charge in [0.2, 0.25) is 5.91 Å². The Labute approximate surface area is 125 Å². The first-order chi connectivity index (χ1) is 10.0. The number of rotatable bonds is 7. The van der Waals surface area contributed by atoms with Crippen LogP contribution in [-0.2, 0) is 11.2 Å². The van der Waals surface area contributed by atoms with Crippen LogP contribution in [0.2, 0.25) is 0 Å². The molecule has 0 saturated carbocycles. The minimum absolute atomic E-state index is 0.177. The largest absolute Gasteiger partial charge is 0.373 e. The van der Waals surface area contributed by atoms with E-state index in [1.807, 2.05) is 13.8 Å². The maximum atomic E-state index is 12.2. The molecule has 3 N–H and O–H groups in total. The third kappa shape index (κ3) is 5.06. The molecule has 1 heterocycles. The Bertz CT molecular complexity index is 480. The standard InChI is InChI=1S/C15H24N4O2/c1-5-7-17-14(20)10(3)18-15(21)11-8-12(6-2)19-13(9-11)16-4/h8-10H,5-7H2,1-4H3,(H,16,19)(H,17,20)(H,18,21). The van der Waals surface area contributed by atoms with Crippen molar-refractivity contribution in [2.75, 3.05) is 18.9 Å². The molecule has 0 saturated heterocycles. The van der Waals surface area contributed by atoms with Crippen molar-refractivity contribution in [3.05, 3.63) is 23.4 Å². The molecule has 0 aliphatic carbocycles. The van der Waals surface area contributed by atoms with Crippen molar-refractivity contribution in [3.8, 4) is 0 Å². The van der Waals surface area contributed by atoms with Gasteiger partial charge in [0, 0.05) is 24.8 Å². The molecule has 6 nitrogen and oxygen atoms in total. The van der Waals surface area contributed by atoms with Gasteiger partial charge in [-0.25, -0.2) is 4.98 Å². The molecule has 0 fully saturated rings. The Hall–Kier alpha value is -2.11. The van der Waals surface area contributed by atoms with Gasteiger partial charge in [0.25, 0.3) is 5.91 Å². The van der Waals surface area contributed by atoms with Gasteiger partial charge in [0.15, 0.2) is 0 Å². The predicted octanol–water partition coefficient (Wildman–Crippen LogP) is 1.33. The molecule has 116 valence electrons. The predicted molar refractivity (Wildman–Crippen MR) is 83.4 cm³/mol. The third-order valence-electron chi connectivity index (χ3n) is 3.05. The van der Waals surface area contributed by atoms with Crippen molar-refractivity contribution in [2.24, 2.45) is 0 Å². The Kier molecular flexibility index (Phi) is 6.65. The Morgan fingerprint density at radius 1 is 1.29 bits per heavy atom. The van der Waals surface area contributed by atoms with Crippen LogP contribution in [0.3, 0.4) is 0 Å². The van der Waals surface area contributed by atoms with Crippen LogP contribution in [-0.4, -0.2) is 36.4 Å². The number of anilines is 1. The van der Waals surface area contributed by atoms with Crippen LogP contribution in [0, 0.1) is 0 Å². The quantitative estimate of drug-likeness (QED) is 0.708. The second-order valence-corrected chi connectivity index (χ2v) is 4.82. The fraction of sp³-hybridized carbons (Fsp3) is 0.533. The van der Waals surface area contributed by atoms with E-state index < -0.39 is 6.04 Å². The topological polar surface area (TPSA) is 83.1 Å². The number of carbonyl (C=O) groups is 2. The van der Waals surface area contributed by atoms with Crippen LogP contribution in [0.1, 0.15) is 43.2 Å². The van der Waals surface area contributed by atoms with Gasteiger partial charge >= 0.3 is 0 Å². The third-order valence-corrected chi connectivity index (χ3v) is 3.05. The molecule has 6 heteroatoms. The van der Waals surface area contributed by atoms with Crippen LogP contribution in [0.15, 0.2) is 12.1 Å². The fourth-order valence-corrected chi connectivity index (χ4v) is 1.77. The van der Waals surface area contributed by atoms with E-state index in [4.69, 9.17) is 0 Å². The van der Waals surface area contributed by atoms with Gasteiger partial charge in [-0.05, 0) is 31.9 Å². The highest BCUT2D eigenvalue weighted by Crippen LogP contribution is 2.11. The van der Waals surface area contributed by atoms with Crippen LogP contribution in [0.4, 0.5) is 5.82 Å². The summed E-state index contributed by atoms with van der Waals surface area (Å²) >= 11 is 0. The number of aryl methyl sites for hydroxylation is 1. The lowest BCUT2D eigenvalue weighted by Gasteiger charge is -2.14. The average Bonchev–Trinajstić information content (AvgIpc) is 2.51. The molecular formula is C15H24N4O2. The molecule has 0 aliphatic heterocycles. The first-order valence-electron chi connectivity index (χ1n) is 7.29. The SMILES string of the molecule is CCCNC(=O)C(C)NC(=O)c1cc(CC)nc(NC)c1. The van der Waals surface area contributed by atoms with Gasteiger partial charge in [-0.15, -0.1) is 0 Å². The molecule has 2 amide bonds. The summed E-state index contributed by atoms with van der Waals surface area (Å²) in [4.78, 5) is 28.3. The number of nitrogens with zero attached hydrogens (tertiary/aromatic N) is 1. The Morgan fingerprint density at radius 2 is 2.00 bits per heavy atom. The van der Waals surface area contributed by atoms with Crippen LogP contribution >= 0.6 is 0 Å². The smallest absolute Gasteiger partial charge is 0.252 e. The number of nitrogens with one attached hydrogen (secondary N) is 3. The maximum Gasteiger partial charge on any atom is 0.252 e. The van der Waals surface area contributed by atoms with Gasteiger partial charge < -0.3 is 16.0 Å². The van der Waals surface area contributed by atoms with E-state index in [1.54, 1.807) is 26.1 Å². The molecule has 1 unspecified atom stereocenters. The number of aromatic nitrogens is 1. The van der Waals surface area contributed by atoms with Gasteiger partial charge in [-0.3, -0.25) is 9.59 Å². The van der Waals surface area contributed by atoms with E-state index in [2.05, 4.69) is 20.9 Å².